The van der Waals surface area contributed by atoms with E-state index in [0.717, 1.165) is 134 Å². The zero-order valence-electron chi connectivity index (χ0n) is 52.7. The van der Waals surface area contributed by atoms with Gasteiger partial charge in [0.25, 0.3) is 27.1 Å². The number of rotatable bonds is 18. The minimum atomic E-state index is -6.75. The van der Waals surface area contributed by atoms with E-state index >= 15 is 0 Å². The number of carbonyl (C=O) groups excluding carboxylic acids is 2. The molecule has 15 rings (SSSR count). The Hall–Kier alpha value is -8.36. The molecule has 0 aliphatic carbocycles. The number of aliphatic hydroxyl groups is 1. The van der Waals surface area contributed by atoms with Crippen molar-refractivity contribution in [3.05, 3.63) is 200 Å². The van der Waals surface area contributed by atoms with E-state index < -0.39 is 109 Å². The van der Waals surface area contributed by atoms with Gasteiger partial charge in [0.1, 0.15) is 61.4 Å². The molecule has 516 valence electrons. The average molecular weight is 1430 g/mol. The molecule has 29 nitrogen and oxygen atoms in total. The molecule has 8 aliphatic rings. The first-order valence-electron chi connectivity index (χ1n) is 31.9. The maximum Gasteiger partial charge on any atom is 0.340 e. The molecule has 33 heteroatoms. The van der Waals surface area contributed by atoms with Crippen LogP contribution in [-0.4, -0.2) is 88.8 Å². The quantitative estimate of drug-likeness (QED) is 0.0517. The van der Waals surface area contributed by atoms with E-state index in [1.807, 2.05) is 4.98 Å². The summed E-state index contributed by atoms with van der Waals surface area (Å²) < 4.78 is 104. The second kappa shape index (κ2) is 24.8. The van der Waals surface area contributed by atoms with E-state index in [0.29, 0.717) is 11.1 Å². The molecule has 1 aromatic heterocycles. The number of aromatic amines is 1. The van der Waals surface area contributed by atoms with Crippen molar-refractivity contribution >= 4 is 60.2 Å². The van der Waals surface area contributed by atoms with Crippen LogP contribution >= 0.6 is 31.1 Å². The van der Waals surface area contributed by atoms with E-state index in [2.05, 4.69) is 39.9 Å². The van der Waals surface area contributed by atoms with E-state index in [1.54, 1.807) is 49.4 Å². The lowest BCUT2D eigenvalue weighted by Gasteiger charge is -2.39. The minimum absolute atomic E-state index is 0.0269. The van der Waals surface area contributed by atoms with Crippen LogP contribution in [0.5, 0.6) is 34.5 Å². The summed E-state index contributed by atoms with van der Waals surface area (Å²) in [5.41, 5.74) is 4.72. The number of benzene rings is 6. The van der Waals surface area contributed by atoms with Gasteiger partial charge in [-0.15, -0.1) is 0 Å². The number of hydrogen-bond acceptors (Lipinski definition) is 24. The molecule has 6 aromatic carbocycles. The number of nitrogens with zero attached hydrogens (tertiary/aromatic N) is 3. The molecule has 1 spiro atoms. The molecule has 1 fully saturated rings. The molecule has 7 unspecified atom stereocenters. The Kier molecular flexibility index (Phi) is 16.6. The fraction of sp³-hybridized carbons (Fsp3) is 0.333. The highest BCUT2D eigenvalue weighted by Gasteiger charge is 2.55. The predicted molar refractivity (Wildman–Crippen MR) is 340 cm³/mol. The van der Waals surface area contributed by atoms with Crippen molar-refractivity contribution in [1.82, 2.24) is 19.4 Å². The van der Waals surface area contributed by atoms with Crippen LogP contribution in [0.4, 0.5) is 5.69 Å². The summed E-state index contributed by atoms with van der Waals surface area (Å²) >= 11 is 0. The Bertz CT molecular complexity index is 5170. The summed E-state index contributed by atoms with van der Waals surface area (Å²) in [7, 11) is -25.6. The van der Waals surface area contributed by atoms with Crippen molar-refractivity contribution in [3.63, 3.8) is 0 Å². The molecule has 8 aliphatic heterocycles. The van der Waals surface area contributed by atoms with Crippen molar-refractivity contribution in [2.75, 3.05) is 43.8 Å². The average Bonchev–Trinajstić information content (AvgIpc) is 1.70. The van der Waals surface area contributed by atoms with Gasteiger partial charge in [0.05, 0.1) is 47.6 Å². The standard InChI is InChI=1S/C66H63N5O24P4/c1-3-87-51-21-20-49-60(46(51)31-67-62(74)37-16-18-39(43(28-37)63(75)76)55-44-26-35-10-6-22-69-24-8-13-41(56(35)69)58(44)90-59-42-14-9-25-70-23-7-11-36(57(42)70)27-45(55)59)89-52-29-38(17-19-48(52)66(49)47-15-5-4-12-40(47)64(77)91-66)92-97(81,82)94-99(85,86)95-98(83,84)93-96(79,80)33-53-50(72)30-54(88-53)71-32-34(2)61(73)68-65(71)78/h4-5,12,15-21,26-29,32,50,53-54,72H,3,6-11,13-14,22-25,30-31,33H2,1-2H3,(H6-,67,68,73,74,75,76,78,79,80,81,82,83,84,85,86)/p-3/t50-,53?,54?,66?/m0/s1. The molecule has 4 N–H and O–H groups in total. The number of nitrogens with one attached hydrogen (secondary N) is 2. The monoisotopic (exact) mass is 1430 g/mol. The lowest BCUT2D eigenvalue weighted by atomic mass is 9.77. The van der Waals surface area contributed by atoms with Crippen molar-refractivity contribution in [2.24, 2.45) is 0 Å². The van der Waals surface area contributed by atoms with Crippen molar-refractivity contribution < 1.29 is 104 Å². The third-order valence-electron chi connectivity index (χ3n) is 19.0. The van der Waals surface area contributed by atoms with E-state index in [4.69, 9.17) is 28.2 Å². The number of esters is 1. The summed E-state index contributed by atoms with van der Waals surface area (Å²) in [6.07, 6.45) is 1.39. The molecule has 9 heterocycles. The summed E-state index contributed by atoms with van der Waals surface area (Å²) in [5, 5.41) is 26.7. The third-order valence-corrected chi connectivity index (χ3v) is 25.3. The van der Waals surface area contributed by atoms with Crippen LogP contribution in [0.2, 0.25) is 0 Å². The van der Waals surface area contributed by atoms with Crippen molar-refractivity contribution in [3.8, 4) is 34.5 Å². The second-order valence-electron chi connectivity index (χ2n) is 25.2. The number of H-pyrrole nitrogens is 1. The Labute approximate surface area is 561 Å². The van der Waals surface area contributed by atoms with Gasteiger partial charge >= 0.3 is 25.5 Å². The number of phosphoric ester groups is 1. The van der Waals surface area contributed by atoms with Gasteiger partial charge in [0.15, 0.2) is 5.60 Å². The van der Waals surface area contributed by atoms with Gasteiger partial charge in [0.2, 0.25) is 5.36 Å². The van der Waals surface area contributed by atoms with Gasteiger partial charge in [-0.3, -0.25) is 37.1 Å². The summed E-state index contributed by atoms with van der Waals surface area (Å²) in [4.78, 5) is 123. The van der Waals surface area contributed by atoms with Crippen molar-refractivity contribution in [1.29, 1.82) is 0 Å². The molecular weight excluding hydrogens is 1370 g/mol. The highest BCUT2D eigenvalue weighted by Crippen LogP contribution is 2.67. The Morgan fingerprint density at radius 1 is 0.768 bits per heavy atom. The zero-order chi connectivity index (χ0) is 69.4. The lowest BCUT2D eigenvalue weighted by Crippen LogP contribution is -2.45. The largest absolute Gasteiger partial charge is 0.778 e. The first kappa shape index (κ1) is 66.5. The fourth-order valence-corrected chi connectivity index (χ4v) is 20.6. The summed E-state index contributed by atoms with van der Waals surface area (Å²) in [6.45, 7) is 6.44. The normalized spacial score (nSPS) is 22.2. The second-order valence-corrected chi connectivity index (χ2v) is 31.6. The summed E-state index contributed by atoms with van der Waals surface area (Å²) in [5.74, 6) is -2.35. The van der Waals surface area contributed by atoms with Gasteiger partial charge < -0.3 is 72.8 Å². The number of aromatic nitrogens is 2. The van der Waals surface area contributed by atoms with Crippen LogP contribution in [0.1, 0.15) is 138 Å². The van der Waals surface area contributed by atoms with Gasteiger partial charge in [-0.1, -0.05) is 24.3 Å². The molecule has 8 atom stereocenters. The van der Waals surface area contributed by atoms with Crippen LogP contribution in [0.25, 0.3) is 5.57 Å². The molecule has 0 saturated carbocycles. The van der Waals surface area contributed by atoms with Crippen LogP contribution in [0.3, 0.4) is 0 Å². The van der Waals surface area contributed by atoms with Crippen LogP contribution < -0.4 is 74.9 Å². The number of anilines is 1. The Morgan fingerprint density at radius 2 is 1.49 bits per heavy atom. The number of aryl methyl sites for hydroxylation is 3. The Morgan fingerprint density at radius 3 is 2.28 bits per heavy atom. The first-order valence-corrected chi connectivity index (χ1v) is 38.1. The number of carboxylic acids is 1. The van der Waals surface area contributed by atoms with Gasteiger partial charge in [0, 0.05) is 112 Å². The minimum Gasteiger partial charge on any atom is -0.778 e. The number of aromatic carboxylic acids is 1. The predicted octanol–water partition coefficient (Wildman–Crippen LogP) is 4.61. The Balaban J connectivity index is 0.720. The van der Waals surface area contributed by atoms with E-state index in [-0.39, 0.29) is 68.4 Å². The van der Waals surface area contributed by atoms with Crippen LogP contribution in [0.15, 0.2) is 101 Å². The van der Waals surface area contributed by atoms with Gasteiger partial charge in [-0.2, -0.15) is 0 Å². The maximum absolute atomic E-state index is 14.8. The molecular formula is C66H60N5O24P4-3. The highest BCUT2D eigenvalue weighted by atomic mass is 31.3. The van der Waals surface area contributed by atoms with E-state index in [1.165, 1.54) is 47.3 Å². The molecule has 0 bridgehead atoms. The number of carbonyl (C=O) groups is 3. The number of carboxylic acid groups (broad SMARTS) is 1. The summed E-state index contributed by atoms with van der Waals surface area (Å²) in [6, 6.07) is 21.5. The molecule has 7 aromatic rings. The number of aliphatic hydroxyl groups excluding tert-OH is 1. The molecule has 99 heavy (non-hydrogen) atoms. The first-order chi connectivity index (χ1) is 47.2. The van der Waals surface area contributed by atoms with E-state index in [9.17, 15) is 72.0 Å². The topological polar surface area (TPSA) is 408 Å². The van der Waals surface area contributed by atoms with Crippen molar-refractivity contribution in [2.45, 2.75) is 102 Å². The number of ether oxygens (including phenoxy) is 5. The van der Waals surface area contributed by atoms with Gasteiger partial charge in [-0.25, -0.2) is 27.6 Å². The number of fused-ring (bicyclic) bond motifs is 10. The zero-order valence-corrected chi connectivity index (χ0v) is 56.3. The highest BCUT2D eigenvalue weighted by molar-refractivity contribution is 7.69. The fourth-order valence-electron chi connectivity index (χ4n) is 15.1. The lowest BCUT2D eigenvalue weighted by molar-refractivity contribution is -0.248. The van der Waals surface area contributed by atoms with Crippen LogP contribution in [-0.2, 0) is 78.5 Å². The number of amides is 1. The molecule has 0 radical (unpaired) electrons. The maximum atomic E-state index is 14.8. The smallest absolute Gasteiger partial charge is 0.340 e. The molecule has 1 amide bonds. The number of phosphoric acid groups is 3. The molecule has 1 saturated heterocycles. The third kappa shape index (κ3) is 11.9. The SMILES string of the molecule is CCOc1ccc2c(c1CNC(=O)c1ccc(C3=c4cc5c6c(c4Oc4c3cc3c7c4CCCN7CCC3)CCC[N+]=6CCC5)c(C(=O)O)c1)Oc1cc(OP(=O)([O-])OP(=O)([O-])OP(=O)([O-])OP(=O)([O-])CC3OC(n4cc(C)c(=O)[nH]c4=O)C[C@@H]3O)ccc1C21OC(=O)c2ccccc21. The van der Waals surface area contributed by atoms with Crippen LogP contribution in [0, 0.1) is 6.92 Å². The number of hydrogen-bond donors (Lipinski definition) is 4. The van der Waals surface area contributed by atoms with Gasteiger partial charge in [-0.05, 0) is 118 Å².